The van der Waals surface area contributed by atoms with E-state index in [-0.39, 0.29) is 1.43 Å². The fourth-order valence-electron chi connectivity index (χ4n) is 0.236. The van der Waals surface area contributed by atoms with Crippen LogP contribution in [0, 0.1) is 0 Å². The lowest BCUT2D eigenvalue weighted by atomic mass is 10.4. The summed E-state index contributed by atoms with van der Waals surface area (Å²) < 4.78 is 0. The lowest BCUT2D eigenvalue weighted by molar-refractivity contribution is 1.22. The largest absolute Gasteiger partial charge is 1.00 e. The summed E-state index contributed by atoms with van der Waals surface area (Å²) in [4.78, 5) is 0. The van der Waals surface area contributed by atoms with Crippen LogP contribution in [-0.4, -0.2) is 0 Å². The predicted octanol–water partition coefficient (Wildman–Crippen LogP) is 2.08. The fourth-order valence-corrected chi connectivity index (χ4v) is 0.236. The van der Waals surface area contributed by atoms with E-state index in [1.807, 2.05) is 6.92 Å². The summed E-state index contributed by atoms with van der Waals surface area (Å²) in [5.74, 6) is 0. The second kappa shape index (κ2) is 3.74. The van der Waals surface area contributed by atoms with Gasteiger partial charge in [0.25, 0.3) is 0 Å². The van der Waals surface area contributed by atoms with Gasteiger partial charge in [-0.2, -0.15) is 0 Å². The molecule has 0 aromatic rings. The van der Waals surface area contributed by atoms with E-state index in [9.17, 15) is 0 Å². The van der Waals surface area contributed by atoms with Crippen molar-refractivity contribution in [3.8, 4) is 0 Å². The number of allylic oxidation sites excluding steroid dienone is 2. The van der Waals surface area contributed by atoms with Crippen LogP contribution in [-0.2, 0) is 0 Å². The Morgan fingerprint density at radius 2 is 2.40 bits per heavy atom. The lowest BCUT2D eigenvalue weighted by Crippen LogP contribution is -1.43. The maximum absolute atomic E-state index is 2.12. The van der Waals surface area contributed by atoms with Crippen molar-refractivity contribution in [2.24, 2.45) is 0 Å². The van der Waals surface area contributed by atoms with E-state index in [1.54, 1.807) is 0 Å². The van der Waals surface area contributed by atoms with Crippen molar-refractivity contribution in [3.63, 3.8) is 0 Å². The van der Waals surface area contributed by atoms with Gasteiger partial charge in [-0.1, -0.05) is 19.1 Å². The van der Waals surface area contributed by atoms with Crippen LogP contribution in [0.25, 0.3) is 0 Å². The van der Waals surface area contributed by atoms with Crippen LogP contribution in [0.3, 0.4) is 0 Å². The normalized spacial score (nSPS) is 10.0. The van der Waals surface area contributed by atoms with Gasteiger partial charge in [-0.25, -0.2) is 0 Å². The van der Waals surface area contributed by atoms with Crippen molar-refractivity contribution in [3.05, 3.63) is 12.2 Å². The smallest absolute Gasteiger partial charge is 0.0917 e. The Labute approximate surface area is 35.0 Å². The average Bonchev–Trinajstić information content (AvgIpc) is 1.41. The lowest BCUT2D eigenvalue weighted by Gasteiger charge is -1.65. The van der Waals surface area contributed by atoms with Gasteiger partial charge < -0.3 is 0 Å². The van der Waals surface area contributed by atoms with Crippen LogP contribution in [0.4, 0.5) is 0 Å². The SMILES string of the molecule is CC=CCC.[H+]. The average molecular weight is 71.1 g/mol. The highest BCUT2D eigenvalue weighted by Gasteiger charge is 1.52. The van der Waals surface area contributed by atoms with E-state index in [0.29, 0.717) is 0 Å². The van der Waals surface area contributed by atoms with Crippen molar-refractivity contribution >= 4 is 0 Å². The molecule has 0 rings (SSSR count). The highest BCUT2D eigenvalue weighted by atomic mass is 13.6. The zero-order chi connectivity index (χ0) is 4.12. The van der Waals surface area contributed by atoms with E-state index in [4.69, 9.17) is 0 Å². The second-order valence-corrected chi connectivity index (χ2v) is 0.977. The Bertz CT molecular complexity index is 30.9. The Kier molecular flexibility index (Phi) is 3.55. The first-order valence-electron chi connectivity index (χ1n) is 2.03. The molecular formula is C5H11+. The first kappa shape index (κ1) is 4.74. The minimum absolute atomic E-state index is 0. The van der Waals surface area contributed by atoms with Crippen LogP contribution in [0.2, 0.25) is 0 Å². The number of hydrogen-bond donors (Lipinski definition) is 0. The monoisotopic (exact) mass is 71.1 g/mol. The molecule has 0 N–H and O–H groups in total. The molecule has 0 heteroatoms. The quantitative estimate of drug-likeness (QED) is 0.415. The van der Waals surface area contributed by atoms with Gasteiger partial charge in [0.05, 0.1) is 0 Å². The van der Waals surface area contributed by atoms with Crippen LogP contribution in [0.15, 0.2) is 12.2 Å². The zero-order valence-electron chi connectivity index (χ0n) is 4.86. The molecule has 0 saturated carbocycles. The molecule has 0 amide bonds. The number of rotatable bonds is 1. The standard InChI is InChI=1S/C5H10/c1-3-5-4-2/h3,5H,4H2,1-2H3/p+1. The molecular weight excluding hydrogens is 60.1 g/mol. The summed E-state index contributed by atoms with van der Waals surface area (Å²) in [5, 5.41) is 0. The highest BCUT2D eigenvalue weighted by molar-refractivity contribution is 4.73. The molecule has 5 heavy (non-hydrogen) atoms. The third kappa shape index (κ3) is 3.74. The molecule has 0 aromatic heterocycles. The first-order chi connectivity index (χ1) is 2.41. The Morgan fingerprint density at radius 1 is 1.80 bits per heavy atom. The molecule has 0 spiro atoms. The van der Waals surface area contributed by atoms with Gasteiger partial charge in [-0.3, -0.25) is 0 Å². The molecule has 0 fully saturated rings. The van der Waals surface area contributed by atoms with E-state index >= 15 is 0 Å². The molecule has 0 saturated heterocycles. The van der Waals surface area contributed by atoms with Gasteiger partial charge >= 0.3 is 1.43 Å². The van der Waals surface area contributed by atoms with Crippen LogP contribution >= 0.6 is 0 Å². The van der Waals surface area contributed by atoms with Crippen molar-refractivity contribution in [2.75, 3.05) is 0 Å². The molecule has 30 valence electrons. The van der Waals surface area contributed by atoms with Crippen LogP contribution in [0.5, 0.6) is 0 Å². The second-order valence-electron chi connectivity index (χ2n) is 0.977. The van der Waals surface area contributed by atoms with Gasteiger partial charge in [-0.05, 0) is 13.3 Å². The highest BCUT2D eigenvalue weighted by Crippen LogP contribution is 1.73. The molecule has 0 aliphatic carbocycles. The van der Waals surface area contributed by atoms with E-state index in [0.717, 1.165) is 6.42 Å². The summed E-state index contributed by atoms with van der Waals surface area (Å²) in [6.45, 7) is 4.16. The summed E-state index contributed by atoms with van der Waals surface area (Å²) in [7, 11) is 0. The predicted molar refractivity (Wildman–Crippen MR) is 26.2 cm³/mol. The zero-order valence-corrected chi connectivity index (χ0v) is 3.86. The third-order valence-corrected chi connectivity index (χ3v) is 0.471. The van der Waals surface area contributed by atoms with Crippen molar-refractivity contribution in [2.45, 2.75) is 20.3 Å². The minimum Gasteiger partial charge on any atom is -0.0917 e. The topological polar surface area (TPSA) is 0 Å². The van der Waals surface area contributed by atoms with E-state index in [1.165, 1.54) is 0 Å². The Morgan fingerprint density at radius 3 is 2.40 bits per heavy atom. The van der Waals surface area contributed by atoms with Gasteiger partial charge in [0.1, 0.15) is 0 Å². The van der Waals surface area contributed by atoms with Crippen molar-refractivity contribution < 1.29 is 1.43 Å². The summed E-state index contributed by atoms with van der Waals surface area (Å²) >= 11 is 0. The molecule has 0 bridgehead atoms. The molecule has 0 aliphatic heterocycles. The summed E-state index contributed by atoms with van der Waals surface area (Å²) in [5.41, 5.74) is 0. The molecule has 0 atom stereocenters. The first-order valence-corrected chi connectivity index (χ1v) is 2.03. The van der Waals surface area contributed by atoms with E-state index in [2.05, 4.69) is 19.1 Å². The molecule has 0 heterocycles. The van der Waals surface area contributed by atoms with Crippen molar-refractivity contribution in [1.29, 1.82) is 0 Å². The van der Waals surface area contributed by atoms with Crippen LogP contribution < -0.4 is 0 Å². The molecule has 0 radical (unpaired) electrons. The molecule has 0 nitrogen and oxygen atoms in total. The van der Waals surface area contributed by atoms with Gasteiger partial charge in [0.15, 0.2) is 0 Å². The van der Waals surface area contributed by atoms with E-state index < -0.39 is 0 Å². The summed E-state index contributed by atoms with van der Waals surface area (Å²) in [6, 6.07) is 0. The third-order valence-electron chi connectivity index (χ3n) is 0.471. The molecule has 0 aromatic carbocycles. The van der Waals surface area contributed by atoms with Crippen LogP contribution in [0.1, 0.15) is 21.7 Å². The Balaban J connectivity index is 0. The maximum atomic E-state index is 2.12. The molecule has 0 unspecified atom stereocenters. The van der Waals surface area contributed by atoms with Crippen molar-refractivity contribution in [1.82, 2.24) is 0 Å². The number of hydrogen-bond acceptors (Lipinski definition) is 0. The maximum Gasteiger partial charge on any atom is 1.00 e. The summed E-state index contributed by atoms with van der Waals surface area (Å²) in [6.07, 6.45) is 5.34. The Hall–Kier alpha value is -0.260. The van der Waals surface area contributed by atoms with Gasteiger partial charge in [0, 0.05) is 0 Å². The van der Waals surface area contributed by atoms with Gasteiger partial charge in [0.2, 0.25) is 0 Å². The minimum atomic E-state index is 0. The molecule has 0 aliphatic rings. The van der Waals surface area contributed by atoms with Gasteiger partial charge in [-0.15, -0.1) is 0 Å². The fraction of sp³-hybridized carbons (Fsp3) is 0.600.